The molecule has 30 heavy (non-hydrogen) atoms. The van der Waals surface area contributed by atoms with Crippen LogP contribution in [0.1, 0.15) is 0 Å². The van der Waals surface area contributed by atoms with Crippen molar-refractivity contribution in [2.45, 2.75) is 0 Å². The molecule has 3 aromatic heterocycles. The fourth-order valence-corrected chi connectivity index (χ4v) is 3.21. The van der Waals surface area contributed by atoms with E-state index in [1.54, 1.807) is 24.3 Å². The Labute approximate surface area is 174 Å². The summed E-state index contributed by atoms with van der Waals surface area (Å²) in [5.41, 5.74) is 7.52. The normalized spacial score (nSPS) is 11.1. The predicted molar refractivity (Wildman–Crippen MR) is 113 cm³/mol. The Balaban J connectivity index is 1.85. The number of nitrogens with two attached hydrogens (primary N) is 1. The van der Waals surface area contributed by atoms with Gasteiger partial charge in [-0.2, -0.15) is 4.68 Å². The van der Waals surface area contributed by atoms with Crippen molar-refractivity contribution in [3.05, 3.63) is 82.4 Å². The topological polar surface area (TPSA) is 117 Å². The van der Waals surface area contributed by atoms with Gasteiger partial charge in [0.25, 0.3) is 5.56 Å². The zero-order chi connectivity index (χ0) is 20.7. The van der Waals surface area contributed by atoms with Gasteiger partial charge in [-0.1, -0.05) is 35.0 Å². The minimum absolute atomic E-state index is 0.121. The summed E-state index contributed by atoms with van der Waals surface area (Å²) >= 11 is 6.02. The fraction of sp³-hybridized carbons (Fsp3) is 0. The summed E-state index contributed by atoms with van der Waals surface area (Å²) in [6.45, 7) is 0. The molecule has 0 saturated heterocycles. The second kappa shape index (κ2) is 7.05. The molecule has 5 rings (SSSR count). The molecule has 3 heterocycles. The Bertz CT molecular complexity index is 1410. The van der Waals surface area contributed by atoms with E-state index in [-0.39, 0.29) is 17.0 Å². The van der Waals surface area contributed by atoms with Crippen LogP contribution in [0.15, 0.2) is 71.8 Å². The second-order valence-corrected chi connectivity index (χ2v) is 6.83. The van der Waals surface area contributed by atoms with E-state index in [0.717, 1.165) is 5.69 Å². The summed E-state index contributed by atoms with van der Waals surface area (Å²) in [4.78, 5) is 26.2. The van der Waals surface area contributed by atoms with Crippen molar-refractivity contribution in [1.29, 1.82) is 0 Å². The highest BCUT2D eigenvalue weighted by atomic mass is 35.5. The number of benzene rings is 2. The first-order chi connectivity index (χ1) is 14.6. The fourth-order valence-electron chi connectivity index (χ4n) is 3.09. The van der Waals surface area contributed by atoms with Gasteiger partial charge in [-0.15, -0.1) is 5.10 Å². The molecule has 9 nitrogen and oxygen atoms in total. The Hall–Kier alpha value is -4.11. The molecule has 2 N–H and O–H groups in total. The molecule has 0 aliphatic carbocycles. The number of nitrogen functional groups attached to an aromatic ring is 1. The van der Waals surface area contributed by atoms with Crippen molar-refractivity contribution in [3.8, 4) is 22.8 Å². The van der Waals surface area contributed by atoms with Gasteiger partial charge in [-0.05, 0) is 36.4 Å². The highest BCUT2D eigenvalue weighted by molar-refractivity contribution is 6.30. The molecular formula is C20H13ClN8O. The zero-order valence-corrected chi connectivity index (χ0v) is 16.1. The van der Waals surface area contributed by atoms with Gasteiger partial charge in [0.15, 0.2) is 17.0 Å². The highest BCUT2D eigenvalue weighted by Gasteiger charge is 2.20. The molecule has 0 fully saturated rings. The van der Waals surface area contributed by atoms with Crippen LogP contribution in [0.2, 0.25) is 5.02 Å². The van der Waals surface area contributed by atoms with Gasteiger partial charge in [-0.25, -0.2) is 15.0 Å². The number of aromatic nitrogens is 7. The van der Waals surface area contributed by atoms with Gasteiger partial charge >= 0.3 is 0 Å². The lowest BCUT2D eigenvalue weighted by atomic mass is 10.2. The number of para-hydroxylation sites is 1. The van der Waals surface area contributed by atoms with Crippen molar-refractivity contribution in [1.82, 2.24) is 34.5 Å². The number of rotatable bonds is 3. The Morgan fingerprint density at radius 1 is 0.900 bits per heavy atom. The Morgan fingerprint density at radius 2 is 1.60 bits per heavy atom. The van der Waals surface area contributed by atoms with Crippen LogP contribution in [0.5, 0.6) is 0 Å². The average molecular weight is 417 g/mol. The highest BCUT2D eigenvalue weighted by Crippen LogP contribution is 2.23. The zero-order valence-electron chi connectivity index (χ0n) is 15.3. The number of hydrogen-bond acceptors (Lipinski definition) is 7. The summed E-state index contributed by atoms with van der Waals surface area (Å²) in [5.74, 6) is 0.450. The third-order valence-electron chi connectivity index (χ3n) is 4.49. The lowest BCUT2D eigenvalue weighted by Crippen LogP contribution is -2.22. The molecule has 0 atom stereocenters. The van der Waals surface area contributed by atoms with Crippen molar-refractivity contribution < 1.29 is 0 Å². The van der Waals surface area contributed by atoms with E-state index >= 15 is 0 Å². The minimum atomic E-state index is -0.378. The molecule has 10 heteroatoms. The average Bonchev–Trinajstić information content (AvgIpc) is 3.20. The number of fused-ring (bicyclic) bond motifs is 1. The van der Waals surface area contributed by atoms with E-state index in [4.69, 9.17) is 22.3 Å². The van der Waals surface area contributed by atoms with Gasteiger partial charge in [0, 0.05) is 17.4 Å². The van der Waals surface area contributed by atoms with Crippen LogP contribution in [-0.4, -0.2) is 34.5 Å². The van der Waals surface area contributed by atoms with E-state index in [0.29, 0.717) is 27.7 Å². The standard InChI is InChI=1S/C20H13ClN8O/c21-13-6-8-14(9-7-13)28-17(12-10-23-20(22)24-11-12)25-18-16(19(28)30)26-27-29(18)15-4-2-1-3-5-15/h1-11H,(H2,22,23,24). The van der Waals surface area contributed by atoms with Gasteiger partial charge in [0.2, 0.25) is 5.95 Å². The van der Waals surface area contributed by atoms with E-state index in [9.17, 15) is 4.79 Å². The molecule has 0 saturated carbocycles. The molecule has 0 bridgehead atoms. The van der Waals surface area contributed by atoms with Crippen LogP contribution in [0.4, 0.5) is 5.95 Å². The van der Waals surface area contributed by atoms with Gasteiger partial charge in [-0.3, -0.25) is 9.36 Å². The first-order valence-electron chi connectivity index (χ1n) is 8.89. The van der Waals surface area contributed by atoms with Gasteiger partial charge in [0.05, 0.1) is 16.9 Å². The van der Waals surface area contributed by atoms with E-state index in [1.165, 1.54) is 21.6 Å². The quantitative estimate of drug-likeness (QED) is 0.480. The van der Waals surface area contributed by atoms with E-state index < -0.39 is 0 Å². The van der Waals surface area contributed by atoms with E-state index in [2.05, 4.69) is 20.3 Å². The van der Waals surface area contributed by atoms with Crippen LogP contribution in [-0.2, 0) is 0 Å². The molecule has 5 aromatic rings. The number of nitrogens with zero attached hydrogens (tertiary/aromatic N) is 7. The van der Waals surface area contributed by atoms with Crippen LogP contribution >= 0.6 is 11.6 Å². The van der Waals surface area contributed by atoms with Crippen molar-refractivity contribution in [2.75, 3.05) is 5.73 Å². The molecule has 0 radical (unpaired) electrons. The predicted octanol–water partition coefficient (Wildman–Crippen LogP) is 2.66. The lowest BCUT2D eigenvalue weighted by molar-refractivity contribution is 0.817. The first kappa shape index (κ1) is 18.0. The molecule has 0 amide bonds. The van der Waals surface area contributed by atoms with Crippen LogP contribution in [0, 0.1) is 0 Å². The molecule has 146 valence electrons. The molecular weight excluding hydrogens is 404 g/mol. The SMILES string of the molecule is Nc1ncc(-c2nc3c(nnn3-c3ccccc3)c(=O)n2-c2ccc(Cl)cc2)cn1. The third kappa shape index (κ3) is 2.97. The van der Waals surface area contributed by atoms with Crippen molar-refractivity contribution in [3.63, 3.8) is 0 Å². The smallest absolute Gasteiger partial charge is 0.288 e. The number of halogens is 1. The first-order valence-corrected chi connectivity index (χ1v) is 9.27. The van der Waals surface area contributed by atoms with Crippen molar-refractivity contribution in [2.24, 2.45) is 0 Å². The lowest BCUT2D eigenvalue weighted by Gasteiger charge is -2.12. The maximum Gasteiger partial charge on any atom is 0.288 e. The number of hydrogen-bond donors (Lipinski definition) is 1. The summed E-state index contributed by atoms with van der Waals surface area (Å²) in [6, 6.07) is 16.2. The van der Waals surface area contributed by atoms with Crippen LogP contribution < -0.4 is 11.3 Å². The summed E-state index contributed by atoms with van der Waals surface area (Å²) in [7, 11) is 0. The molecule has 0 spiro atoms. The second-order valence-electron chi connectivity index (χ2n) is 6.39. The number of anilines is 1. The molecule has 0 unspecified atom stereocenters. The molecule has 0 aliphatic heterocycles. The maximum absolute atomic E-state index is 13.4. The monoisotopic (exact) mass is 416 g/mol. The summed E-state index contributed by atoms with van der Waals surface area (Å²) in [6.07, 6.45) is 3.03. The third-order valence-corrected chi connectivity index (χ3v) is 4.74. The van der Waals surface area contributed by atoms with Gasteiger partial charge in [0.1, 0.15) is 0 Å². The molecule has 0 aliphatic rings. The minimum Gasteiger partial charge on any atom is -0.368 e. The van der Waals surface area contributed by atoms with E-state index in [1.807, 2.05) is 30.3 Å². The summed E-state index contributed by atoms with van der Waals surface area (Å²) < 4.78 is 2.95. The van der Waals surface area contributed by atoms with Gasteiger partial charge < -0.3 is 5.73 Å². The Morgan fingerprint density at radius 3 is 2.30 bits per heavy atom. The van der Waals surface area contributed by atoms with Crippen LogP contribution in [0.25, 0.3) is 33.9 Å². The largest absolute Gasteiger partial charge is 0.368 e. The Kier molecular flexibility index (Phi) is 4.22. The molecule has 2 aromatic carbocycles. The summed E-state index contributed by atoms with van der Waals surface area (Å²) in [5, 5.41) is 8.78. The van der Waals surface area contributed by atoms with Crippen molar-refractivity contribution >= 4 is 28.7 Å². The van der Waals surface area contributed by atoms with Crippen LogP contribution in [0.3, 0.4) is 0 Å². The maximum atomic E-state index is 13.4.